The van der Waals surface area contributed by atoms with E-state index in [1.165, 1.54) is 0 Å². The summed E-state index contributed by atoms with van der Waals surface area (Å²) in [5.41, 5.74) is 1.47. The zero-order valence-corrected chi connectivity index (χ0v) is 18.5. The molecule has 4 heteroatoms. The third-order valence-electron chi connectivity index (χ3n) is 3.79. The Morgan fingerprint density at radius 2 is 0.696 bits per heavy atom. The molecule has 0 aliphatic carbocycles. The Balaban J connectivity index is 2.21. The lowest BCUT2D eigenvalue weighted by Crippen LogP contribution is -2.28. The molecular formula is C19H13I3O. The van der Waals surface area contributed by atoms with Gasteiger partial charge in [-0.05, 0) is 121 Å². The van der Waals surface area contributed by atoms with E-state index in [1.54, 1.807) is 0 Å². The van der Waals surface area contributed by atoms with Crippen LogP contribution in [0.5, 0.6) is 0 Å². The van der Waals surface area contributed by atoms with Gasteiger partial charge in [-0.2, -0.15) is 0 Å². The van der Waals surface area contributed by atoms with E-state index in [2.05, 4.69) is 67.8 Å². The van der Waals surface area contributed by atoms with Crippen molar-refractivity contribution in [2.24, 2.45) is 0 Å². The van der Waals surface area contributed by atoms with Crippen LogP contribution in [0, 0.1) is 10.7 Å². The van der Waals surface area contributed by atoms with E-state index in [0.717, 1.165) is 27.4 Å². The summed E-state index contributed by atoms with van der Waals surface area (Å²) in [5, 5.41) is 11.7. The summed E-state index contributed by atoms with van der Waals surface area (Å²) in [6.07, 6.45) is 0. The molecule has 0 amide bonds. The Morgan fingerprint density at radius 1 is 0.478 bits per heavy atom. The Bertz CT molecular complexity index is 683. The van der Waals surface area contributed by atoms with Gasteiger partial charge in [0.05, 0.1) is 0 Å². The van der Waals surface area contributed by atoms with E-state index in [4.69, 9.17) is 0 Å². The largest absolute Gasteiger partial charge is 0.376 e. The van der Waals surface area contributed by atoms with E-state index < -0.39 is 5.60 Å². The van der Waals surface area contributed by atoms with Crippen LogP contribution in [0.3, 0.4) is 0 Å². The molecule has 1 N–H and O–H groups in total. The van der Waals surface area contributed by atoms with Crippen molar-refractivity contribution in [3.05, 3.63) is 100 Å². The van der Waals surface area contributed by atoms with Gasteiger partial charge < -0.3 is 5.11 Å². The number of benzene rings is 3. The van der Waals surface area contributed by atoms with Gasteiger partial charge in [-0.3, -0.25) is 0 Å². The molecule has 0 spiro atoms. The maximum atomic E-state index is 11.7. The fourth-order valence-electron chi connectivity index (χ4n) is 2.57. The molecule has 3 aromatic carbocycles. The van der Waals surface area contributed by atoms with Crippen molar-refractivity contribution >= 4 is 67.8 Å². The van der Waals surface area contributed by atoms with E-state index in [0.29, 0.717) is 0 Å². The Morgan fingerprint density at radius 3 is 0.913 bits per heavy atom. The van der Waals surface area contributed by atoms with Crippen molar-refractivity contribution in [1.82, 2.24) is 0 Å². The summed E-state index contributed by atoms with van der Waals surface area (Å²) >= 11 is 6.84. The maximum Gasteiger partial charge on any atom is 0.140 e. The van der Waals surface area contributed by atoms with Crippen molar-refractivity contribution in [1.29, 1.82) is 0 Å². The van der Waals surface area contributed by atoms with Crippen LogP contribution in [0.1, 0.15) is 16.7 Å². The molecule has 23 heavy (non-hydrogen) atoms. The number of rotatable bonds is 3. The van der Waals surface area contributed by atoms with Crippen molar-refractivity contribution in [3.8, 4) is 0 Å². The van der Waals surface area contributed by atoms with E-state index in [9.17, 15) is 5.11 Å². The predicted molar refractivity (Wildman–Crippen MR) is 120 cm³/mol. The summed E-state index contributed by atoms with van der Waals surface area (Å²) < 4.78 is 3.46. The van der Waals surface area contributed by atoms with Gasteiger partial charge in [-0.25, -0.2) is 0 Å². The van der Waals surface area contributed by atoms with Crippen LogP contribution in [-0.2, 0) is 5.60 Å². The van der Waals surface area contributed by atoms with Crippen molar-refractivity contribution in [2.75, 3.05) is 0 Å². The van der Waals surface area contributed by atoms with Crippen LogP contribution < -0.4 is 0 Å². The third-order valence-corrected chi connectivity index (χ3v) is 5.94. The normalized spacial score (nSPS) is 11.5. The van der Waals surface area contributed by atoms with Crippen LogP contribution in [0.15, 0.2) is 72.8 Å². The molecule has 0 heterocycles. The van der Waals surface area contributed by atoms with Gasteiger partial charge in [0, 0.05) is 10.7 Å². The zero-order valence-electron chi connectivity index (χ0n) is 12.0. The molecule has 0 radical (unpaired) electrons. The molecule has 116 valence electrons. The number of aliphatic hydroxyl groups is 1. The topological polar surface area (TPSA) is 20.2 Å². The summed E-state index contributed by atoms with van der Waals surface area (Å²) in [6.45, 7) is 0. The van der Waals surface area contributed by atoms with Gasteiger partial charge >= 0.3 is 0 Å². The standard InChI is InChI=1S/C19H13I3O/c20-16-7-1-13(2-8-16)19(23,14-3-9-17(21)10-4-14)15-5-11-18(22)12-6-15/h1-12,23H. The third kappa shape index (κ3) is 3.74. The minimum atomic E-state index is -1.15. The van der Waals surface area contributed by atoms with Crippen LogP contribution >= 0.6 is 67.8 Å². The molecule has 0 atom stereocenters. The highest BCUT2D eigenvalue weighted by Crippen LogP contribution is 2.37. The van der Waals surface area contributed by atoms with Gasteiger partial charge in [0.25, 0.3) is 0 Å². The van der Waals surface area contributed by atoms with Gasteiger partial charge in [-0.1, -0.05) is 36.4 Å². The van der Waals surface area contributed by atoms with E-state index in [1.807, 2.05) is 72.8 Å². The second kappa shape index (κ2) is 7.37. The molecule has 0 aliphatic heterocycles. The lowest BCUT2D eigenvalue weighted by Gasteiger charge is -2.30. The average Bonchev–Trinajstić information content (AvgIpc) is 2.56. The highest BCUT2D eigenvalue weighted by Gasteiger charge is 2.33. The smallest absolute Gasteiger partial charge is 0.140 e. The first-order chi connectivity index (χ1) is 11.0. The number of hydrogen-bond acceptors (Lipinski definition) is 1. The molecule has 1 nitrogen and oxygen atoms in total. The van der Waals surface area contributed by atoms with E-state index in [-0.39, 0.29) is 0 Å². The Kier molecular flexibility index (Phi) is 5.64. The lowest BCUT2D eigenvalue weighted by atomic mass is 9.80. The lowest BCUT2D eigenvalue weighted by molar-refractivity contribution is 0.125. The van der Waals surface area contributed by atoms with Crippen molar-refractivity contribution in [2.45, 2.75) is 5.60 Å². The summed E-state index contributed by atoms with van der Waals surface area (Å²) in [5.74, 6) is 0. The summed E-state index contributed by atoms with van der Waals surface area (Å²) in [6, 6.07) is 24.2. The van der Waals surface area contributed by atoms with Gasteiger partial charge in [0.2, 0.25) is 0 Å². The first-order valence-electron chi connectivity index (χ1n) is 7.00. The van der Waals surface area contributed by atoms with Crippen LogP contribution in [0.2, 0.25) is 0 Å². The van der Waals surface area contributed by atoms with Crippen molar-refractivity contribution in [3.63, 3.8) is 0 Å². The minimum absolute atomic E-state index is 0.875. The molecular weight excluding hydrogens is 625 g/mol. The van der Waals surface area contributed by atoms with Crippen LogP contribution in [0.4, 0.5) is 0 Å². The maximum absolute atomic E-state index is 11.7. The first-order valence-corrected chi connectivity index (χ1v) is 10.2. The number of halogens is 3. The van der Waals surface area contributed by atoms with Crippen molar-refractivity contribution < 1.29 is 5.11 Å². The number of hydrogen-bond donors (Lipinski definition) is 1. The molecule has 0 saturated heterocycles. The second-order valence-electron chi connectivity index (χ2n) is 5.23. The van der Waals surface area contributed by atoms with Gasteiger partial charge in [0.1, 0.15) is 5.60 Å². The fourth-order valence-corrected chi connectivity index (χ4v) is 3.65. The molecule has 0 saturated carbocycles. The Hall–Kier alpha value is -0.190. The second-order valence-corrected chi connectivity index (χ2v) is 8.97. The Labute approximate surface area is 176 Å². The minimum Gasteiger partial charge on any atom is -0.376 e. The monoisotopic (exact) mass is 638 g/mol. The molecule has 0 aromatic heterocycles. The van der Waals surface area contributed by atoms with Crippen LogP contribution in [-0.4, -0.2) is 5.11 Å². The molecule has 0 fully saturated rings. The fraction of sp³-hybridized carbons (Fsp3) is 0.0526. The average molecular weight is 638 g/mol. The van der Waals surface area contributed by atoms with Gasteiger partial charge in [0.15, 0.2) is 0 Å². The predicted octanol–water partition coefficient (Wildman–Crippen LogP) is 5.78. The quantitative estimate of drug-likeness (QED) is 0.285. The zero-order chi connectivity index (χ0) is 16.4. The molecule has 3 rings (SSSR count). The molecule has 0 aliphatic rings. The highest BCUT2D eigenvalue weighted by molar-refractivity contribution is 14.1. The SMILES string of the molecule is OC(c1ccc(I)cc1)(c1ccc(I)cc1)c1ccc(I)cc1. The van der Waals surface area contributed by atoms with E-state index >= 15 is 0 Å². The molecule has 0 unspecified atom stereocenters. The summed E-state index contributed by atoms with van der Waals surface area (Å²) in [4.78, 5) is 0. The molecule has 0 bridgehead atoms. The summed E-state index contributed by atoms with van der Waals surface area (Å²) in [7, 11) is 0. The first kappa shape index (κ1) is 17.6. The highest BCUT2D eigenvalue weighted by atomic mass is 127. The molecule has 3 aromatic rings. The van der Waals surface area contributed by atoms with Crippen LogP contribution in [0.25, 0.3) is 0 Å². The van der Waals surface area contributed by atoms with Gasteiger partial charge in [-0.15, -0.1) is 0 Å².